The Bertz CT molecular complexity index is 339. The first-order valence-corrected chi connectivity index (χ1v) is 5.80. The van der Waals surface area contributed by atoms with Gasteiger partial charge in [-0.15, -0.1) is 0 Å². The van der Waals surface area contributed by atoms with Gasteiger partial charge in [0.2, 0.25) is 0 Å². The van der Waals surface area contributed by atoms with Gasteiger partial charge in [0, 0.05) is 0 Å². The van der Waals surface area contributed by atoms with Crippen molar-refractivity contribution in [1.29, 1.82) is 0 Å². The molecule has 0 atom stereocenters. The zero-order valence-electron chi connectivity index (χ0n) is 8.30. The predicted octanol–water partition coefficient (Wildman–Crippen LogP) is 2.98. The van der Waals surface area contributed by atoms with Gasteiger partial charge in [-0.3, -0.25) is 0 Å². The Morgan fingerprint density at radius 2 is 2.13 bits per heavy atom. The highest BCUT2D eigenvalue weighted by molar-refractivity contribution is 6.42. The summed E-state index contributed by atoms with van der Waals surface area (Å²) < 4.78 is 5.58. The summed E-state index contributed by atoms with van der Waals surface area (Å²) in [5.41, 5.74) is 0. The van der Waals surface area contributed by atoms with E-state index in [4.69, 9.17) is 27.9 Å². The SMILES string of the molecule is Clc1cccc(OCCC2CNC2)c1Cl. The molecule has 0 unspecified atom stereocenters. The molecule has 0 spiro atoms. The Hall–Kier alpha value is -0.440. The number of nitrogens with one attached hydrogen (secondary N) is 1. The van der Waals surface area contributed by atoms with E-state index in [9.17, 15) is 0 Å². The van der Waals surface area contributed by atoms with Crippen molar-refractivity contribution in [2.75, 3.05) is 19.7 Å². The van der Waals surface area contributed by atoms with Crippen molar-refractivity contribution in [2.45, 2.75) is 6.42 Å². The van der Waals surface area contributed by atoms with Crippen LogP contribution in [-0.4, -0.2) is 19.7 Å². The lowest BCUT2D eigenvalue weighted by atomic mass is 10.0. The van der Waals surface area contributed by atoms with E-state index in [0.717, 1.165) is 25.4 Å². The van der Waals surface area contributed by atoms with Gasteiger partial charge in [0.25, 0.3) is 0 Å². The van der Waals surface area contributed by atoms with Gasteiger partial charge in [-0.05, 0) is 37.6 Å². The van der Waals surface area contributed by atoms with E-state index in [1.807, 2.05) is 12.1 Å². The van der Waals surface area contributed by atoms with Crippen LogP contribution in [0.5, 0.6) is 5.75 Å². The van der Waals surface area contributed by atoms with E-state index in [1.54, 1.807) is 6.07 Å². The molecule has 0 aromatic heterocycles. The first kappa shape index (κ1) is 11.1. The van der Waals surface area contributed by atoms with Crippen molar-refractivity contribution >= 4 is 23.2 Å². The average Bonchev–Trinajstić information content (AvgIpc) is 2.16. The van der Waals surface area contributed by atoms with Crippen LogP contribution >= 0.6 is 23.2 Å². The van der Waals surface area contributed by atoms with Crippen molar-refractivity contribution < 1.29 is 4.74 Å². The van der Waals surface area contributed by atoms with Crippen LogP contribution in [0, 0.1) is 5.92 Å². The normalized spacial score (nSPS) is 16.1. The third-order valence-corrected chi connectivity index (χ3v) is 3.37. The third kappa shape index (κ3) is 2.77. The minimum atomic E-state index is 0.505. The van der Waals surface area contributed by atoms with Crippen LogP contribution in [0.2, 0.25) is 10.0 Å². The van der Waals surface area contributed by atoms with Crippen LogP contribution in [0.15, 0.2) is 18.2 Å². The first-order valence-electron chi connectivity index (χ1n) is 5.05. The molecule has 0 saturated carbocycles. The number of ether oxygens (including phenoxy) is 1. The minimum Gasteiger partial charge on any atom is -0.492 e. The van der Waals surface area contributed by atoms with E-state index in [0.29, 0.717) is 22.4 Å². The molecule has 0 bridgehead atoms. The second-order valence-electron chi connectivity index (χ2n) is 3.71. The van der Waals surface area contributed by atoms with Crippen molar-refractivity contribution in [3.05, 3.63) is 28.2 Å². The number of hydrogen-bond donors (Lipinski definition) is 1. The molecule has 1 aromatic rings. The Kier molecular flexibility index (Phi) is 3.73. The summed E-state index contributed by atoms with van der Waals surface area (Å²) in [6, 6.07) is 5.44. The fourth-order valence-corrected chi connectivity index (χ4v) is 1.83. The second-order valence-corrected chi connectivity index (χ2v) is 4.50. The topological polar surface area (TPSA) is 21.3 Å². The van der Waals surface area contributed by atoms with E-state index < -0.39 is 0 Å². The first-order chi connectivity index (χ1) is 7.27. The van der Waals surface area contributed by atoms with Gasteiger partial charge in [0.05, 0.1) is 11.6 Å². The van der Waals surface area contributed by atoms with Crippen LogP contribution in [0.3, 0.4) is 0 Å². The highest BCUT2D eigenvalue weighted by Gasteiger charge is 2.16. The third-order valence-electron chi connectivity index (χ3n) is 2.57. The highest BCUT2D eigenvalue weighted by atomic mass is 35.5. The lowest BCUT2D eigenvalue weighted by Crippen LogP contribution is -2.42. The molecule has 0 radical (unpaired) electrons. The Morgan fingerprint density at radius 1 is 1.33 bits per heavy atom. The van der Waals surface area contributed by atoms with Gasteiger partial charge in [0.1, 0.15) is 10.8 Å². The predicted molar refractivity (Wildman–Crippen MR) is 62.9 cm³/mol. The number of benzene rings is 1. The van der Waals surface area contributed by atoms with Crippen molar-refractivity contribution in [3.8, 4) is 5.75 Å². The zero-order valence-corrected chi connectivity index (χ0v) is 9.81. The Morgan fingerprint density at radius 3 is 2.80 bits per heavy atom. The molecule has 0 amide bonds. The molecular weight excluding hydrogens is 233 g/mol. The van der Waals surface area contributed by atoms with Gasteiger partial charge in [-0.25, -0.2) is 0 Å². The Labute approximate surface area is 99.5 Å². The van der Waals surface area contributed by atoms with Crippen LogP contribution in [-0.2, 0) is 0 Å². The van der Waals surface area contributed by atoms with Crippen LogP contribution in [0.4, 0.5) is 0 Å². The monoisotopic (exact) mass is 245 g/mol. The minimum absolute atomic E-state index is 0.505. The van der Waals surface area contributed by atoms with Gasteiger partial charge in [-0.1, -0.05) is 29.3 Å². The summed E-state index contributed by atoms with van der Waals surface area (Å²) in [5, 5.41) is 4.27. The second kappa shape index (κ2) is 5.06. The molecule has 1 aliphatic heterocycles. The lowest BCUT2D eigenvalue weighted by molar-refractivity contribution is 0.238. The summed E-state index contributed by atoms with van der Waals surface area (Å²) >= 11 is 11.9. The average molecular weight is 246 g/mol. The summed E-state index contributed by atoms with van der Waals surface area (Å²) in [4.78, 5) is 0. The maximum atomic E-state index is 5.99. The van der Waals surface area contributed by atoms with Crippen LogP contribution in [0.1, 0.15) is 6.42 Å². The maximum Gasteiger partial charge on any atom is 0.139 e. The molecule has 1 aromatic carbocycles. The molecule has 1 heterocycles. The molecule has 15 heavy (non-hydrogen) atoms. The lowest BCUT2D eigenvalue weighted by Gasteiger charge is -2.26. The van der Waals surface area contributed by atoms with E-state index >= 15 is 0 Å². The van der Waals surface area contributed by atoms with Gasteiger partial charge < -0.3 is 10.1 Å². The molecule has 1 N–H and O–H groups in total. The molecule has 4 heteroatoms. The quantitative estimate of drug-likeness (QED) is 0.881. The van der Waals surface area contributed by atoms with Crippen LogP contribution < -0.4 is 10.1 Å². The summed E-state index contributed by atoms with van der Waals surface area (Å²) in [6.07, 6.45) is 1.07. The molecule has 2 nitrogen and oxygen atoms in total. The van der Waals surface area contributed by atoms with Crippen molar-refractivity contribution in [2.24, 2.45) is 5.92 Å². The summed E-state index contributed by atoms with van der Waals surface area (Å²) in [6.45, 7) is 2.91. The molecular formula is C11H13Cl2NO. The molecule has 82 valence electrons. The molecule has 1 saturated heterocycles. The number of rotatable bonds is 4. The Balaban J connectivity index is 1.84. The maximum absolute atomic E-state index is 5.99. The molecule has 0 aliphatic carbocycles. The molecule has 1 fully saturated rings. The highest BCUT2D eigenvalue weighted by Crippen LogP contribution is 2.31. The number of halogens is 2. The van der Waals surface area contributed by atoms with Crippen molar-refractivity contribution in [1.82, 2.24) is 5.32 Å². The summed E-state index contributed by atoms with van der Waals surface area (Å²) in [7, 11) is 0. The smallest absolute Gasteiger partial charge is 0.139 e. The fraction of sp³-hybridized carbons (Fsp3) is 0.455. The zero-order chi connectivity index (χ0) is 10.7. The van der Waals surface area contributed by atoms with Gasteiger partial charge >= 0.3 is 0 Å². The van der Waals surface area contributed by atoms with Crippen molar-refractivity contribution in [3.63, 3.8) is 0 Å². The van der Waals surface area contributed by atoms with Gasteiger partial charge in [0.15, 0.2) is 0 Å². The standard InChI is InChI=1S/C11H13Cl2NO/c12-9-2-1-3-10(11(9)13)15-5-4-8-6-14-7-8/h1-3,8,14H,4-7H2. The van der Waals surface area contributed by atoms with Gasteiger partial charge in [-0.2, -0.15) is 0 Å². The van der Waals surface area contributed by atoms with E-state index in [2.05, 4.69) is 5.32 Å². The molecule has 1 aliphatic rings. The molecule has 2 rings (SSSR count). The van der Waals surface area contributed by atoms with E-state index in [1.165, 1.54) is 0 Å². The largest absolute Gasteiger partial charge is 0.492 e. The fourth-order valence-electron chi connectivity index (χ4n) is 1.48. The van der Waals surface area contributed by atoms with E-state index in [-0.39, 0.29) is 0 Å². The number of hydrogen-bond acceptors (Lipinski definition) is 2. The summed E-state index contributed by atoms with van der Waals surface area (Å²) in [5.74, 6) is 1.43. The van der Waals surface area contributed by atoms with Crippen LogP contribution in [0.25, 0.3) is 0 Å².